The van der Waals surface area contributed by atoms with Crippen LogP contribution in [0.5, 0.6) is 0 Å². The molecule has 0 bridgehead atoms. The molecular weight excluding hydrogens is 557 g/mol. The van der Waals surface area contributed by atoms with E-state index in [1.54, 1.807) is 48.5 Å². The molecule has 0 aliphatic carbocycles. The van der Waals surface area contributed by atoms with Gasteiger partial charge in [0.1, 0.15) is 12.6 Å². The molecule has 0 spiro atoms. The van der Waals surface area contributed by atoms with Crippen molar-refractivity contribution in [2.75, 3.05) is 17.1 Å². The Kier molecular flexibility index (Phi) is 10.0. The first-order chi connectivity index (χ1) is 18.2. The van der Waals surface area contributed by atoms with E-state index in [2.05, 4.69) is 5.32 Å². The lowest BCUT2D eigenvalue weighted by Crippen LogP contribution is -2.56. The number of amides is 2. The van der Waals surface area contributed by atoms with Gasteiger partial charge in [0.25, 0.3) is 0 Å². The zero-order chi connectivity index (χ0) is 28.8. The van der Waals surface area contributed by atoms with Gasteiger partial charge in [-0.1, -0.05) is 77.8 Å². The van der Waals surface area contributed by atoms with Gasteiger partial charge in [-0.05, 0) is 56.2 Å². The Hall–Kier alpha value is -3.07. The van der Waals surface area contributed by atoms with Crippen molar-refractivity contribution in [3.63, 3.8) is 0 Å². The standard InChI is InChI=1S/C29H33Cl2N3O4S/c1-29(2,3)32-28(36)26(18-21-11-7-5-8-12-21)33(19-22-15-16-24(30)25(31)17-22)27(35)20-34(39(4,37)38)23-13-9-6-10-14-23/h5-17,26H,18-20H2,1-4H3,(H,32,36)/t26-/m1/s1. The van der Waals surface area contributed by atoms with Gasteiger partial charge in [0.05, 0.1) is 22.0 Å². The lowest BCUT2D eigenvalue weighted by molar-refractivity contribution is -0.140. The molecule has 0 fully saturated rings. The quantitative estimate of drug-likeness (QED) is 0.347. The Labute approximate surface area is 240 Å². The van der Waals surface area contributed by atoms with Crippen LogP contribution < -0.4 is 9.62 Å². The third-order valence-electron chi connectivity index (χ3n) is 5.83. The Morgan fingerprint density at radius 3 is 2.00 bits per heavy atom. The van der Waals surface area contributed by atoms with E-state index in [0.717, 1.165) is 16.1 Å². The summed E-state index contributed by atoms with van der Waals surface area (Å²) in [5.74, 6) is -0.897. The smallest absolute Gasteiger partial charge is 0.244 e. The van der Waals surface area contributed by atoms with E-state index in [0.29, 0.717) is 21.3 Å². The lowest BCUT2D eigenvalue weighted by Gasteiger charge is -2.35. The summed E-state index contributed by atoms with van der Waals surface area (Å²) < 4.78 is 26.6. The molecule has 0 radical (unpaired) electrons. The topological polar surface area (TPSA) is 86.8 Å². The first-order valence-electron chi connectivity index (χ1n) is 12.4. The molecule has 0 saturated heterocycles. The molecule has 2 amide bonds. The van der Waals surface area contributed by atoms with Gasteiger partial charge in [0.2, 0.25) is 21.8 Å². The molecule has 10 heteroatoms. The fraction of sp³-hybridized carbons (Fsp3) is 0.310. The molecule has 3 aromatic carbocycles. The second-order valence-electron chi connectivity index (χ2n) is 10.3. The number of hydrogen-bond acceptors (Lipinski definition) is 4. The number of anilines is 1. The van der Waals surface area contributed by atoms with E-state index in [9.17, 15) is 18.0 Å². The van der Waals surface area contributed by atoms with Gasteiger partial charge >= 0.3 is 0 Å². The fourth-order valence-electron chi connectivity index (χ4n) is 4.05. The van der Waals surface area contributed by atoms with Crippen LogP contribution in [0.4, 0.5) is 5.69 Å². The van der Waals surface area contributed by atoms with Gasteiger partial charge in [0, 0.05) is 18.5 Å². The molecule has 208 valence electrons. The summed E-state index contributed by atoms with van der Waals surface area (Å²) in [5, 5.41) is 3.65. The predicted octanol–water partition coefficient (Wildman–Crippen LogP) is 5.31. The highest BCUT2D eigenvalue weighted by molar-refractivity contribution is 7.92. The summed E-state index contributed by atoms with van der Waals surface area (Å²) in [6, 6.07) is 21.8. The van der Waals surface area contributed by atoms with Crippen LogP contribution in [0.15, 0.2) is 78.9 Å². The Morgan fingerprint density at radius 2 is 1.46 bits per heavy atom. The highest BCUT2D eigenvalue weighted by Crippen LogP contribution is 2.25. The fourth-order valence-corrected chi connectivity index (χ4v) is 5.22. The number of carbonyl (C=O) groups excluding carboxylic acids is 2. The Morgan fingerprint density at radius 1 is 0.872 bits per heavy atom. The van der Waals surface area contributed by atoms with E-state index in [1.165, 1.54) is 4.90 Å². The number of rotatable bonds is 10. The summed E-state index contributed by atoms with van der Waals surface area (Å²) >= 11 is 12.4. The molecule has 3 rings (SSSR count). The monoisotopic (exact) mass is 589 g/mol. The van der Waals surface area contributed by atoms with Gasteiger partial charge in [-0.25, -0.2) is 8.42 Å². The van der Waals surface area contributed by atoms with Crippen LogP contribution in [-0.4, -0.2) is 49.5 Å². The minimum absolute atomic E-state index is 0.0111. The third kappa shape index (κ3) is 8.98. The summed E-state index contributed by atoms with van der Waals surface area (Å²) in [5.41, 5.74) is 1.28. The van der Waals surface area contributed by atoms with Gasteiger partial charge < -0.3 is 10.2 Å². The molecule has 7 nitrogen and oxygen atoms in total. The highest BCUT2D eigenvalue weighted by Gasteiger charge is 2.34. The van der Waals surface area contributed by atoms with Gasteiger partial charge in [-0.15, -0.1) is 0 Å². The zero-order valence-electron chi connectivity index (χ0n) is 22.4. The lowest BCUT2D eigenvalue weighted by atomic mass is 10.0. The number of sulfonamides is 1. The maximum atomic E-state index is 14.0. The molecule has 0 saturated carbocycles. The van der Waals surface area contributed by atoms with Crippen LogP contribution in [0.2, 0.25) is 10.0 Å². The molecule has 39 heavy (non-hydrogen) atoms. The number of carbonyl (C=O) groups is 2. The van der Waals surface area contributed by atoms with Crippen LogP contribution in [0.1, 0.15) is 31.9 Å². The molecule has 0 aromatic heterocycles. The Bertz CT molecular complexity index is 1400. The van der Waals surface area contributed by atoms with Crippen molar-refractivity contribution in [1.29, 1.82) is 0 Å². The molecule has 1 atom stereocenters. The Balaban J connectivity index is 2.08. The van der Waals surface area contributed by atoms with Crippen molar-refractivity contribution < 1.29 is 18.0 Å². The summed E-state index contributed by atoms with van der Waals surface area (Å²) in [4.78, 5) is 29.1. The molecule has 0 aliphatic rings. The van der Waals surface area contributed by atoms with E-state index >= 15 is 0 Å². The first kappa shape index (κ1) is 30.5. The SMILES string of the molecule is CC(C)(C)NC(=O)[C@@H](Cc1ccccc1)N(Cc1ccc(Cl)c(Cl)c1)C(=O)CN(c1ccccc1)S(C)(=O)=O. The van der Waals surface area contributed by atoms with Crippen molar-refractivity contribution in [3.05, 3.63) is 100 Å². The normalized spacial score (nSPS) is 12.5. The van der Waals surface area contributed by atoms with Crippen molar-refractivity contribution >= 4 is 50.7 Å². The minimum Gasteiger partial charge on any atom is -0.350 e. The number of para-hydroxylation sites is 1. The summed E-state index contributed by atoms with van der Waals surface area (Å²) in [6.07, 6.45) is 1.27. The van der Waals surface area contributed by atoms with E-state index in [1.807, 2.05) is 51.1 Å². The van der Waals surface area contributed by atoms with E-state index < -0.39 is 34.1 Å². The molecule has 0 unspecified atom stereocenters. The average Bonchev–Trinajstić information content (AvgIpc) is 2.86. The molecule has 0 heterocycles. The summed E-state index contributed by atoms with van der Waals surface area (Å²) in [6.45, 7) is 5.10. The number of nitrogens with zero attached hydrogens (tertiary/aromatic N) is 2. The average molecular weight is 591 g/mol. The van der Waals surface area contributed by atoms with Gasteiger partial charge in [-0.3, -0.25) is 13.9 Å². The van der Waals surface area contributed by atoms with E-state index in [4.69, 9.17) is 23.2 Å². The van der Waals surface area contributed by atoms with Crippen molar-refractivity contribution in [2.45, 2.75) is 45.3 Å². The van der Waals surface area contributed by atoms with Crippen molar-refractivity contribution in [1.82, 2.24) is 10.2 Å². The molecule has 3 aromatic rings. The largest absolute Gasteiger partial charge is 0.350 e. The predicted molar refractivity (Wildman–Crippen MR) is 157 cm³/mol. The van der Waals surface area contributed by atoms with Gasteiger partial charge in [-0.2, -0.15) is 0 Å². The number of hydrogen-bond donors (Lipinski definition) is 1. The highest BCUT2D eigenvalue weighted by atomic mass is 35.5. The van der Waals surface area contributed by atoms with Crippen molar-refractivity contribution in [2.24, 2.45) is 0 Å². The maximum absolute atomic E-state index is 14.0. The number of halogens is 2. The minimum atomic E-state index is -3.82. The van der Waals surface area contributed by atoms with E-state index in [-0.39, 0.29) is 18.9 Å². The summed E-state index contributed by atoms with van der Waals surface area (Å²) in [7, 11) is -3.82. The molecule has 0 aliphatic heterocycles. The number of nitrogens with one attached hydrogen (secondary N) is 1. The van der Waals surface area contributed by atoms with Gasteiger partial charge in [0.15, 0.2) is 0 Å². The second kappa shape index (κ2) is 12.9. The van der Waals surface area contributed by atoms with Crippen LogP contribution in [0.3, 0.4) is 0 Å². The number of benzene rings is 3. The second-order valence-corrected chi connectivity index (χ2v) is 13.0. The van der Waals surface area contributed by atoms with Crippen LogP contribution in [-0.2, 0) is 32.6 Å². The molecular formula is C29H33Cl2N3O4S. The van der Waals surface area contributed by atoms with Crippen LogP contribution in [0, 0.1) is 0 Å². The van der Waals surface area contributed by atoms with Crippen LogP contribution in [0.25, 0.3) is 0 Å². The molecule has 1 N–H and O–H groups in total. The first-order valence-corrected chi connectivity index (χ1v) is 15.0. The van der Waals surface area contributed by atoms with Crippen molar-refractivity contribution in [3.8, 4) is 0 Å². The third-order valence-corrected chi connectivity index (χ3v) is 7.71. The maximum Gasteiger partial charge on any atom is 0.244 e. The van der Waals surface area contributed by atoms with Crippen LogP contribution >= 0.6 is 23.2 Å². The zero-order valence-corrected chi connectivity index (χ0v) is 24.7.